The van der Waals surface area contributed by atoms with Crippen LogP contribution in [0.5, 0.6) is 0 Å². The topological polar surface area (TPSA) is 49.0 Å². The van der Waals surface area contributed by atoms with Gasteiger partial charge in [-0.15, -0.1) is 0 Å². The van der Waals surface area contributed by atoms with Crippen LogP contribution in [0.3, 0.4) is 0 Å². The maximum atomic E-state index is 13.4. The molecule has 100 valence electrons. The largest absolute Gasteiger partial charge is 0.347 e. The van der Waals surface area contributed by atoms with Crippen LogP contribution in [-0.4, -0.2) is 27.8 Å². The number of nitrogens with one attached hydrogen (secondary N) is 1. The van der Waals surface area contributed by atoms with E-state index in [0.29, 0.717) is 12.4 Å². The number of halogens is 2. The zero-order chi connectivity index (χ0) is 13.8. The summed E-state index contributed by atoms with van der Waals surface area (Å²) in [6.07, 6.45) is 3.06. The highest BCUT2D eigenvalue weighted by Crippen LogP contribution is 2.13. The van der Waals surface area contributed by atoms with Crippen LogP contribution in [0.4, 0.5) is 8.78 Å². The molecule has 0 unspecified atom stereocenters. The van der Waals surface area contributed by atoms with Gasteiger partial charge in [-0.05, 0) is 6.07 Å². The lowest BCUT2D eigenvalue weighted by atomic mass is 10.1. The highest BCUT2D eigenvalue weighted by atomic mass is 19.2. The van der Waals surface area contributed by atoms with Gasteiger partial charge in [0.15, 0.2) is 11.6 Å². The monoisotopic (exact) mass is 265 g/mol. The predicted octanol–water partition coefficient (Wildman–Crippen LogP) is 1.89. The van der Waals surface area contributed by atoms with Crippen molar-refractivity contribution < 1.29 is 13.6 Å². The Bertz CT molecular complexity index is 569. The van der Waals surface area contributed by atoms with Crippen molar-refractivity contribution in [3.8, 4) is 0 Å². The Balaban J connectivity index is 2.02. The van der Waals surface area contributed by atoms with Gasteiger partial charge in [-0.1, -0.05) is 12.1 Å². The molecule has 1 amide bonds. The lowest BCUT2D eigenvalue weighted by Crippen LogP contribution is -2.28. The summed E-state index contributed by atoms with van der Waals surface area (Å²) in [7, 11) is 1.59. The summed E-state index contributed by atoms with van der Waals surface area (Å²) < 4.78 is 26.5. The summed E-state index contributed by atoms with van der Waals surface area (Å²) in [5.74, 6) is -1.59. The molecular weight excluding hydrogens is 252 g/mol. The lowest BCUT2D eigenvalue weighted by molar-refractivity contribution is -0.129. The Kier molecular flexibility index (Phi) is 3.89. The molecule has 19 heavy (non-hydrogen) atoms. The van der Waals surface area contributed by atoms with E-state index in [-0.39, 0.29) is 17.9 Å². The molecule has 2 rings (SSSR count). The summed E-state index contributed by atoms with van der Waals surface area (Å²) in [4.78, 5) is 20.2. The van der Waals surface area contributed by atoms with Crippen LogP contribution in [0.1, 0.15) is 11.4 Å². The van der Waals surface area contributed by atoms with E-state index in [0.717, 1.165) is 6.07 Å². The molecule has 2 aromatic rings. The number of likely N-dealkylation sites (N-methyl/N-ethyl adjacent to an activating group) is 1. The van der Waals surface area contributed by atoms with E-state index in [1.807, 2.05) is 0 Å². The van der Waals surface area contributed by atoms with Gasteiger partial charge in [0, 0.05) is 25.0 Å². The van der Waals surface area contributed by atoms with E-state index in [1.165, 1.54) is 17.0 Å². The Labute approximate surface area is 109 Å². The number of aromatic amines is 1. The summed E-state index contributed by atoms with van der Waals surface area (Å²) in [5.41, 5.74) is 0.0521. The molecule has 1 aromatic carbocycles. The molecule has 6 heteroatoms. The van der Waals surface area contributed by atoms with E-state index in [1.54, 1.807) is 19.4 Å². The van der Waals surface area contributed by atoms with Gasteiger partial charge in [0.25, 0.3) is 0 Å². The van der Waals surface area contributed by atoms with Gasteiger partial charge in [0.1, 0.15) is 5.82 Å². The molecule has 0 atom stereocenters. The first-order valence-electron chi connectivity index (χ1n) is 5.73. The van der Waals surface area contributed by atoms with Gasteiger partial charge in [-0.2, -0.15) is 0 Å². The number of hydrogen-bond acceptors (Lipinski definition) is 2. The zero-order valence-electron chi connectivity index (χ0n) is 10.4. The maximum Gasteiger partial charge on any atom is 0.227 e. The first kappa shape index (κ1) is 13.2. The molecule has 0 radical (unpaired) electrons. The Hall–Kier alpha value is -2.24. The molecule has 0 saturated carbocycles. The fourth-order valence-electron chi connectivity index (χ4n) is 1.68. The predicted molar refractivity (Wildman–Crippen MR) is 65.1 cm³/mol. The number of carbonyl (C=O) groups is 1. The summed E-state index contributed by atoms with van der Waals surface area (Å²) >= 11 is 0. The van der Waals surface area contributed by atoms with Gasteiger partial charge in [-0.25, -0.2) is 13.8 Å². The van der Waals surface area contributed by atoms with Crippen molar-refractivity contribution in [1.29, 1.82) is 0 Å². The van der Waals surface area contributed by atoms with Crippen LogP contribution in [0.15, 0.2) is 30.6 Å². The van der Waals surface area contributed by atoms with Crippen LogP contribution in [-0.2, 0) is 17.8 Å². The van der Waals surface area contributed by atoms with Crippen molar-refractivity contribution in [1.82, 2.24) is 14.9 Å². The van der Waals surface area contributed by atoms with Crippen molar-refractivity contribution >= 4 is 5.91 Å². The maximum absolute atomic E-state index is 13.4. The van der Waals surface area contributed by atoms with Crippen LogP contribution < -0.4 is 0 Å². The minimum absolute atomic E-state index is 0.0521. The Morgan fingerprint density at radius 3 is 2.89 bits per heavy atom. The zero-order valence-corrected chi connectivity index (χ0v) is 10.4. The van der Waals surface area contributed by atoms with E-state index < -0.39 is 11.6 Å². The second-order valence-corrected chi connectivity index (χ2v) is 4.18. The molecule has 1 heterocycles. The molecule has 4 nitrogen and oxygen atoms in total. The molecule has 0 bridgehead atoms. The van der Waals surface area contributed by atoms with Crippen LogP contribution in [0.2, 0.25) is 0 Å². The van der Waals surface area contributed by atoms with Crippen molar-refractivity contribution in [2.24, 2.45) is 0 Å². The number of carbonyl (C=O) groups excluding carboxylic acids is 1. The number of H-pyrrole nitrogens is 1. The Morgan fingerprint density at radius 1 is 1.42 bits per heavy atom. The lowest BCUT2D eigenvalue weighted by Gasteiger charge is -2.16. The average molecular weight is 265 g/mol. The smallest absolute Gasteiger partial charge is 0.227 e. The van der Waals surface area contributed by atoms with Crippen LogP contribution >= 0.6 is 0 Å². The molecule has 0 aliphatic rings. The van der Waals surface area contributed by atoms with Gasteiger partial charge >= 0.3 is 0 Å². The third-order valence-corrected chi connectivity index (χ3v) is 2.74. The fourth-order valence-corrected chi connectivity index (χ4v) is 1.68. The molecule has 1 N–H and O–H groups in total. The minimum Gasteiger partial charge on any atom is -0.347 e. The molecule has 1 aromatic heterocycles. The molecule has 0 fully saturated rings. The summed E-state index contributed by atoms with van der Waals surface area (Å²) in [6.45, 7) is 0.294. The standard InChI is InChI=1S/C13H13F2N3O/c1-18(8-11-16-5-6-17-11)12(19)7-9-3-2-4-10(14)13(9)15/h2-6H,7-8H2,1H3,(H,16,17). The summed E-state index contributed by atoms with van der Waals surface area (Å²) in [6, 6.07) is 3.81. The van der Waals surface area contributed by atoms with Crippen LogP contribution in [0, 0.1) is 11.6 Å². The van der Waals surface area contributed by atoms with E-state index in [4.69, 9.17) is 0 Å². The average Bonchev–Trinajstić information content (AvgIpc) is 2.87. The number of imidazole rings is 1. The first-order valence-corrected chi connectivity index (χ1v) is 5.73. The van der Waals surface area contributed by atoms with Crippen molar-refractivity contribution in [2.45, 2.75) is 13.0 Å². The van der Waals surface area contributed by atoms with E-state index >= 15 is 0 Å². The summed E-state index contributed by atoms with van der Waals surface area (Å²) in [5, 5.41) is 0. The van der Waals surface area contributed by atoms with Crippen LogP contribution in [0.25, 0.3) is 0 Å². The quantitative estimate of drug-likeness (QED) is 0.917. The van der Waals surface area contributed by atoms with Gasteiger partial charge in [0.05, 0.1) is 13.0 Å². The first-order chi connectivity index (χ1) is 9.08. The van der Waals surface area contributed by atoms with E-state index in [9.17, 15) is 13.6 Å². The molecule has 0 aliphatic carbocycles. The third-order valence-electron chi connectivity index (χ3n) is 2.74. The number of hydrogen-bond donors (Lipinski definition) is 1. The van der Waals surface area contributed by atoms with E-state index in [2.05, 4.69) is 9.97 Å². The molecular formula is C13H13F2N3O. The highest BCUT2D eigenvalue weighted by Gasteiger charge is 2.15. The van der Waals surface area contributed by atoms with Gasteiger partial charge in [0.2, 0.25) is 5.91 Å². The number of benzene rings is 1. The van der Waals surface area contributed by atoms with Crippen molar-refractivity contribution in [3.05, 3.63) is 53.6 Å². The third kappa shape index (κ3) is 3.15. The van der Waals surface area contributed by atoms with Crippen molar-refractivity contribution in [2.75, 3.05) is 7.05 Å². The van der Waals surface area contributed by atoms with Gasteiger partial charge < -0.3 is 9.88 Å². The second kappa shape index (κ2) is 5.60. The molecule has 0 aliphatic heterocycles. The highest BCUT2D eigenvalue weighted by molar-refractivity contribution is 5.78. The fraction of sp³-hybridized carbons (Fsp3) is 0.231. The number of amides is 1. The normalized spacial score (nSPS) is 10.5. The van der Waals surface area contributed by atoms with Gasteiger partial charge in [-0.3, -0.25) is 4.79 Å². The SMILES string of the molecule is CN(Cc1ncc[nH]1)C(=O)Cc1cccc(F)c1F. The van der Waals surface area contributed by atoms with Crippen molar-refractivity contribution in [3.63, 3.8) is 0 Å². The molecule has 0 spiro atoms. The number of aromatic nitrogens is 2. The Morgan fingerprint density at radius 2 is 2.21 bits per heavy atom. The minimum atomic E-state index is -0.970. The number of rotatable bonds is 4. The molecule has 0 saturated heterocycles. The number of nitrogens with zero attached hydrogens (tertiary/aromatic N) is 2. The second-order valence-electron chi connectivity index (χ2n) is 4.18.